The predicted octanol–water partition coefficient (Wildman–Crippen LogP) is 3.83. The Morgan fingerprint density at radius 2 is 2.11 bits per heavy atom. The molecule has 1 aromatic rings. The van der Waals surface area contributed by atoms with Crippen LogP contribution in [0.4, 0.5) is 13.2 Å². The smallest absolute Gasteiger partial charge is 0.389 e. The second-order valence-corrected chi connectivity index (χ2v) is 4.55. The van der Waals surface area contributed by atoms with Gasteiger partial charge in [0.05, 0.1) is 6.61 Å². The molecule has 0 spiro atoms. The summed E-state index contributed by atoms with van der Waals surface area (Å²) in [5, 5.41) is 9.09. The quantitative estimate of drug-likeness (QED) is 0.640. The van der Waals surface area contributed by atoms with Crippen LogP contribution in [0, 0.1) is 0 Å². The van der Waals surface area contributed by atoms with E-state index in [2.05, 4.69) is 0 Å². The van der Waals surface area contributed by atoms with Gasteiger partial charge in [0.2, 0.25) is 0 Å². The maximum absolute atomic E-state index is 12.0. The summed E-state index contributed by atoms with van der Waals surface area (Å²) in [5.74, 6) is -1.06. The first-order chi connectivity index (χ1) is 8.85. The van der Waals surface area contributed by atoms with Crippen LogP contribution in [0.15, 0.2) is 23.1 Å². The van der Waals surface area contributed by atoms with E-state index in [-0.39, 0.29) is 24.3 Å². The molecule has 3 nitrogen and oxygen atoms in total. The summed E-state index contributed by atoms with van der Waals surface area (Å²) in [6.45, 7) is -0.169. The molecule has 0 fully saturated rings. The zero-order valence-electron chi connectivity index (χ0n) is 10.2. The minimum absolute atomic E-state index is 0.0120. The van der Waals surface area contributed by atoms with Gasteiger partial charge in [0.1, 0.15) is 11.3 Å². The SMILES string of the molecule is CSc1cccc(OCCCC(F)(F)F)c1C(=O)O. The van der Waals surface area contributed by atoms with Crippen molar-refractivity contribution >= 4 is 17.7 Å². The van der Waals surface area contributed by atoms with Crippen LogP contribution in [0.1, 0.15) is 23.2 Å². The highest BCUT2D eigenvalue weighted by Crippen LogP contribution is 2.29. The van der Waals surface area contributed by atoms with Crippen LogP contribution in [0.3, 0.4) is 0 Å². The third-order valence-corrected chi connectivity index (χ3v) is 3.06. The molecule has 19 heavy (non-hydrogen) atoms. The van der Waals surface area contributed by atoms with E-state index in [1.807, 2.05) is 0 Å². The standard InChI is InChI=1S/C12H13F3O3S/c1-19-9-5-2-4-8(10(9)11(16)17)18-7-3-6-12(13,14)15/h2,4-5H,3,6-7H2,1H3,(H,16,17). The van der Waals surface area contributed by atoms with Gasteiger partial charge in [0.25, 0.3) is 0 Å². The number of carbonyl (C=O) groups is 1. The van der Waals surface area contributed by atoms with E-state index in [1.54, 1.807) is 18.4 Å². The molecule has 0 aromatic heterocycles. The maximum Gasteiger partial charge on any atom is 0.389 e. The molecule has 0 saturated carbocycles. The van der Waals surface area contributed by atoms with E-state index in [0.717, 1.165) is 0 Å². The van der Waals surface area contributed by atoms with Gasteiger partial charge in [0, 0.05) is 11.3 Å². The monoisotopic (exact) mass is 294 g/mol. The highest BCUT2D eigenvalue weighted by Gasteiger charge is 2.26. The minimum Gasteiger partial charge on any atom is -0.493 e. The second kappa shape index (κ2) is 6.70. The molecule has 7 heteroatoms. The lowest BCUT2D eigenvalue weighted by atomic mass is 10.2. The summed E-state index contributed by atoms with van der Waals surface area (Å²) in [7, 11) is 0. The van der Waals surface area contributed by atoms with Crippen molar-refractivity contribution in [3.05, 3.63) is 23.8 Å². The molecular weight excluding hydrogens is 281 g/mol. The Balaban J connectivity index is 2.70. The Kier molecular flexibility index (Phi) is 5.53. The third kappa shape index (κ3) is 5.02. The van der Waals surface area contributed by atoms with Gasteiger partial charge in [-0.25, -0.2) is 4.79 Å². The van der Waals surface area contributed by atoms with Crippen molar-refractivity contribution in [2.45, 2.75) is 23.9 Å². The lowest BCUT2D eigenvalue weighted by Crippen LogP contribution is -2.11. The van der Waals surface area contributed by atoms with Gasteiger partial charge >= 0.3 is 12.1 Å². The van der Waals surface area contributed by atoms with E-state index < -0.39 is 18.6 Å². The van der Waals surface area contributed by atoms with Gasteiger partial charge in [-0.2, -0.15) is 13.2 Å². The number of rotatable bonds is 6. The Bertz CT molecular complexity index is 446. The minimum atomic E-state index is -4.22. The fourth-order valence-corrected chi connectivity index (χ4v) is 2.07. The molecule has 0 aliphatic rings. The summed E-state index contributed by atoms with van der Waals surface area (Å²) < 4.78 is 41.0. The van der Waals surface area contributed by atoms with E-state index >= 15 is 0 Å². The van der Waals surface area contributed by atoms with Crippen LogP contribution < -0.4 is 4.74 Å². The Morgan fingerprint density at radius 3 is 2.63 bits per heavy atom. The van der Waals surface area contributed by atoms with Gasteiger partial charge in [-0.1, -0.05) is 6.07 Å². The van der Waals surface area contributed by atoms with Crippen LogP contribution in [0.2, 0.25) is 0 Å². The number of aromatic carboxylic acids is 1. The molecule has 0 amide bonds. The predicted molar refractivity (Wildman–Crippen MR) is 66.0 cm³/mol. The lowest BCUT2D eigenvalue weighted by molar-refractivity contribution is -0.136. The van der Waals surface area contributed by atoms with Crippen molar-refractivity contribution in [2.24, 2.45) is 0 Å². The highest BCUT2D eigenvalue weighted by molar-refractivity contribution is 7.98. The fraction of sp³-hybridized carbons (Fsp3) is 0.417. The van der Waals surface area contributed by atoms with Gasteiger partial charge in [-0.15, -0.1) is 11.8 Å². The molecule has 1 aromatic carbocycles. The fourth-order valence-electron chi connectivity index (χ4n) is 1.47. The summed E-state index contributed by atoms with van der Waals surface area (Å²) in [4.78, 5) is 11.6. The molecule has 0 radical (unpaired) electrons. The van der Waals surface area contributed by atoms with Crippen LogP contribution in [-0.2, 0) is 0 Å². The van der Waals surface area contributed by atoms with E-state index in [1.165, 1.54) is 17.8 Å². The van der Waals surface area contributed by atoms with Crippen molar-refractivity contribution in [1.29, 1.82) is 0 Å². The van der Waals surface area contributed by atoms with E-state index in [4.69, 9.17) is 9.84 Å². The van der Waals surface area contributed by atoms with Gasteiger partial charge in [-0.3, -0.25) is 0 Å². The molecule has 106 valence electrons. The number of halogens is 3. The van der Waals surface area contributed by atoms with Gasteiger partial charge in [0.15, 0.2) is 0 Å². The van der Waals surface area contributed by atoms with Crippen LogP contribution in [0.25, 0.3) is 0 Å². The number of carboxylic acid groups (broad SMARTS) is 1. The Morgan fingerprint density at radius 1 is 1.42 bits per heavy atom. The van der Waals surface area contributed by atoms with Crippen molar-refractivity contribution in [1.82, 2.24) is 0 Å². The second-order valence-electron chi connectivity index (χ2n) is 3.71. The first-order valence-electron chi connectivity index (χ1n) is 5.45. The van der Waals surface area contributed by atoms with Crippen molar-refractivity contribution in [3.8, 4) is 5.75 Å². The number of alkyl halides is 3. The molecular formula is C12H13F3O3S. The van der Waals surface area contributed by atoms with Crippen LogP contribution in [-0.4, -0.2) is 30.1 Å². The summed E-state index contributed by atoms with van der Waals surface area (Å²) in [6, 6.07) is 4.67. The van der Waals surface area contributed by atoms with Crippen LogP contribution in [0.5, 0.6) is 5.75 Å². The number of hydrogen-bond donors (Lipinski definition) is 1. The summed E-state index contributed by atoms with van der Waals surface area (Å²) >= 11 is 1.24. The van der Waals surface area contributed by atoms with Gasteiger partial charge in [-0.05, 0) is 24.8 Å². The van der Waals surface area contributed by atoms with E-state index in [9.17, 15) is 18.0 Å². The first-order valence-corrected chi connectivity index (χ1v) is 6.67. The maximum atomic E-state index is 12.0. The topological polar surface area (TPSA) is 46.5 Å². The molecule has 0 unspecified atom stereocenters. The Labute approximate surface area is 112 Å². The molecule has 0 aliphatic carbocycles. The number of ether oxygens (including phenoxy) is 1. The summed E-state index contributed by atoms with van der Waals surface area (Å²) in [5.41, 5.74) is -0.0120. The molecule has 0 aliphatic heterocycles. The molecule has 0 heterocycles. The van der Waals surface area contributed by atoms with Gasteiger partial charge < -0.3 is 9.84 Å². The summed E-state index contributed by atoms with van der Waals surface area (Å²) in [6.07, 6.45) is -3.65. The first kappa shape index (κ1) is 15.7. The molecule has 1 N–H and O–H groups in total. The number of hydrogen-bond acceptors (Lipinski definition) is 3. The number of thioether (sulfide) groups is 1. The molecule has 0 bridgehead atoms. The molecule has 0 atom stereocenters. The average Bonchev–Trinajstić information content (AvgIpc) is 2.32. The lowest BCUT2D eigenvalue weighted by Gasteiger charge is -2.12. The van der Waals surface area contributed by atoms with E-state index in [0.29, 0.717) is 4.90 Å². The largest absolute Gasteiger partial charge is 0.493 e. The number of carboxylic acids is 1. The average molecular weight is 294 g/mol. The Hall–Kier alpha value is -1.37. The highest BCUT2D eigenvalue weighted by atomic mass is 32.2. The third-order valence-electron chi connectivity index (χ3n) is 2.28. The zero-order valence-corrected chi connectivity index (χ0v) is 11.0. The van der Waals surface area contributed by atoms with Crippen molar-refractivity contribution < 1.29 is 27.8 Å². The van der Waals surface area contributed by atoms with Crippen molar-refractivity contribution in [2.75, 3.05) is 12.9 Å². The normalized spacial score (nSPS) is 11.4. The molecule has 1 rings (SSSR count). The number of benzene rings is 1. The zero-order chi connectivity index (χ0) is 14.5. The molecule has 0 saturated heterocycles. The van der Waals surface area contributed by atoms with Crippen molar-refractivity contribution in [3.63, 3.8) is 0 Å². The van der Waals surface area contributed by atoms with Crippen LogP contribution >= 0.6 is 11.8 Å².